The van der Waals surface area contributed by atoms with Crippen LogP contribution in [-0.2, 0) is 9.47 Å². The normalized spacial score (nSPS) is 13.1. The molecule has 1 aromatic rings. The van der Waals surface area contributed by atoms with Crippen LogP contribution < -0.4 is 0 Å². The molecule has 0 aliphatic carbocycles. The van der Waals surface area contributed by atoms with Crippen LogP contribution in [0.15, 0.2) is 22.7 Å². The highest BCUT2D eigenvalue weighted by Gasteiger charge is 2.25. The average molecular weight is 307 g/mol. The molecule has 0 saturated heterocycles. The number of rotatable bonds is 6. The van der Waals surface area contributed by atoms with Gasteiger partial charge < -0.3 is 14.6 Å². The van der Waals surface area contributed by atoms with Crippen LogP contribution in [-0.4, -0.2) is 24.6 Å². The molecule has 1 atom stereocenters. The largest absolute Gasteiger partial charge is 0.383 e. The van der Waals surface area contributed by atoms with E-state index in [0.29, 0.717) is 17.7 Å². The second-order valence-electron chi connectivity index (χ2n) is 3.37. The Hall–Kier alpha value is -0.490. The third-order valence-electron chi connectivity index (χ3n) is 2.22. The predicted molar refractivity (Wildman–Crippen MR) is 66.1 cm³/mol. The summed E-state index contributed by atoms with van der Waals surface area (Å²) in [5, 5.41) is 10.0. The summed E-state index contributed by atoms with van der Waals surface area (Å²) in [6, 6.07) is 4.73. The van der Waals surface area contributed by atoms with Crippen LogP contribution >= 0.6 is 15.9 Å². The van der Waals surface area contributed by atoms with Crippen molar-refractivity contribution in [2.75, 3.05) is 13.2 Å². The van der Waals surface area contributed by atoms with E-state index in [1.807, 2.05) is 0 Å². The molecule has 96 valence electrons. The van der Waals surface area contributed by atoms with Crippen LogP contribution in [0.3, 0.4) is 0 Å². The minimum absolute atomic E-state index is 0.159. The molecule has 0 aromatic heterocycles. The predicted octanol–water partition coefficient (Wildman–Crippen LogP) is 3.02. The van der Waals surface area contributed by atoms with E-state index in [4.69, 9.17) is 9.47 Å². The molecular weight excluding hydrogens is 291 g/mol. The Morgan fingerprint density at radius 1 is 1.29 bits per heavy atom. The van der Waals surface area contributed by atoms with Gasteiger partial charge in [0.15, 0.2) is 6.29 Å². The number of halogens is 2. The molecule has 0 spiro atoms. The van der Waals surface area contributed by atoms with Gasteiger partial charge in [0.1, 0.15) is 11.9 Å². The molecule has 0 saturated carbocycles. The molecule has 0 aliphatic rings. The highest BCUT2D eigenvalue weighted by atomic mass is 79.9. The molecule has 1 N–H and O–H groups in total. The highest BCUT2D eigenvalue weighted by molar-refractivity contribution is 9.10. The van der Waals surface area contributed by atoms with E-state index < -0.39 is 18.2 Å². The first-order valence-corrected chi connectivity index (χ1v) is 6.26. The molecule has 1 rings (SSSR count). The molecular formula is C12H16BrFO3. The summed E-state index contributed by atoms with van der Waals surface area (Å²) in [5.41, 5.74) is 0.159. The molecule has 1 aromatic carbocycles. The first kappa shape index (κ1) is 14.6. The lowest BCUT2D eigenvalue weighted by Crippen LogP contribution is -2.26. The second kappa shape index (κ2) is 7.06. The lowest BCUT2D eigenvalue weighted by Gasteiger charge is -2.23. The molecule has 3 nitrogen and oxygen atoms in total. The van der Waals surface area contributed by atoms with Crippen molar-refractivity contribution in [1.29, 1.82) is 0 Å². The quantitative estimate of drug-likeness (QED) is 0.821. The molecule has 0 bridgehead atoms. The Labute approximate surface area is 109 Å². The van der Waals surface area contributed by atoms with E-state index in [-0.39, 0.29) is 5.56 Å². The van der Waals surface area contributed by atoms with E-state index >= 15 is 0 Å². The maximum absolute atomic E-state index is 13.8. The fraction of sp³-hybridized carbons (Fsp3) is 0.500. The molecule has 0 amide bonds. The van der Waals surface area contributed by atoms with E-state index in [1.165, 1.54) is 6.07 Å². The molecule has 0 fully saturated rings. The minimum Gasteiger partial charge on any atom is -0.383 e. The number of hydrogen-bond acceptors (Lipinski definition) is 3. The van der Waals surface area contributed by atoms with Crippen molar-refractivity contribution in [3.8, 4) is 0 Å². The molecule has 5 heteroatoms. The SMILES string of the molecule is CCOC(OCC)C(O)c1cccc(Br)c1F. The van der Waals surface area contributed by atoms with Crippen LogP contribution in [0.25, 0.3) is 0 Å². The topological polar surface area (TPSA) is 38.7 Å². The average Bonchev–Trinajstić information content (AvgIpc) is 2.31. The highest BCUT2D eigenvalue weighted by Crippen LogP contribution is 2.27. The first-order valence-electron chi connectivity index (χ1n) is 5.47. The third kappa shape index (κ3) is 3.74. The van der Waals surface area contributed by atoms with Crippen LogP contribution in [0.5, 0.6) is 0 Å². The van der Waals surface area contributed by atoms with Crippen molar-refractivity contribution in [3.05, 3.63) is 34.1 Å². The number of hydrogen-bond donors (Lipinski definition) is 1. The van der Waals surface area contributed by atoms with Crippen molar-refractivity contribution < 1.29 is 19.0 Å². The maximum Gasteiger partial charge on any atom is 0.187 e. The summed E-state index contributed by atoms with van der Waals surface area (Å²) in [6.07, 6.45) is -2.00. The second-order valence-corrected chi connectivity index (χ2v) is 4.22. The smallest absolute Gasteiger partial charge is 0.187 e. The van der Waals surface area contributed by atoms with Gasteiger partial charge in [0.2, 0.25) is 0 Å². The fourth-order valence-electron chi connectivity index (χ4n) is 1.45. The summed E-state index contributed by atoms with van der Waals surface area (Å²) >= 11 is 3.07. The van der Waals surface area contributed by atoms with Gasteiger partial charge in [0, 0.05) is 18.8 Å². The van der Waals surface area contributed by atoms with Gasteiger partial charge in [-0.05, 0) is 35.8 Å². The van der Waals surface area contributed by atoms with E-state index in [1.54, 1.807) is 26.0 Å². The Bertz CT molecular complexity index is 354. The molecule has 0 heterocycles. The van der Waals surface area contributed by atoms with Gasteiger partial charge >= 0.3 is 0 Å². The van der Waals surface area contributed by atoms with Crippen LogP contribution in [0, 0.1) is 5.82 Å². The van der Waals surface area contributed by atoms with Crippen molar-refractivity contribution in [3.63, 3.8) is 0 Å². The van der Waals surface area contributed by atoms with Crippen molar-refractivity contribution in [2.45, 2.75) is 26.2 Å². The number of aliphatic hydroxyl groups excluding tert-OH is 1. The van der Waals surface area contributed by atoms with Gasteiger partial charge in [-0.2, -0.15) is 0 Å². The standard InChI is InChI=1S/C12H16BrFO3/c1-3-16-12(17-4-2)11(15)8-6-5-7-9(13)10(8)14/h5-7,11-12,15H,3-4H2,1-2H3. The van der Waals surface area contributed by atoms with Gasteiger partial charge in [0.25, 0.3) is 0 Å². The van der Waals surface area contributed by atoms with E-state index in [2.05, 4.69) is 15.9 Å². The maximum atomic E-state index is 13.8. The summed E-state index contributed by atoms with van der Waals surface area (Å²) in [5.74, 6) is -0.496. The third-order valence-corrected chi connectivity index (χ3v) is 2.83. The summed E-state index contributed by atoms with van der Waals surface area (Å²) in [7, 11) is 0. The van der Waals surface area contributed by atoms with Gasteiger partial charge in [0.05, 0.1) is 4.47 Å². The zero-order chi connectivity index (χ0) is 12.8. The lowest BCUT2D eigenvalue weighted by atomic mass is 10.1. The Morgan fingerprint density at radius 3 is 2.41 bits per heavy atom. The van der Waals surface area contributed by atoms with Gasteiger partial charge in [-0.15, -0.1) is 0 Å². The molecule has 17 heavy (non-hydrogen) atoms. The van der Waals surface area contributed by atoms with Gasteiger partial charge in [-0.25, -0.2) is 4.39 Å². The number of aliphatic hydroxyl groups is 1. The minimum atomic E-state index is -1.15. The van der Waals surface area contributed by atoms with Crippen LogP contribution in [0.4, 0.5) is 4.39 Å². The summed E-state index contributed by atoms with van der Waals surface area (Å²) < 4.78 is 24.6. The van der Waals surface area contributed by atoms with Crippen LogP contribution in [0.1, 0.15) is 25.5 Å². The number of benzene rings is 1. The molecule has 0 aliphatic heterocycles. The van der Waals surface area contributed by atoms with Crippen LogP contribution in [0.2, 0.25) is 0 Å². The van der Waals surface area contributed by atoms with E-state index in [9.17, 15) is 9.50 Å². The van der Waals surface area contributed by atoms with Crippen molar-refractivity contribution in [1.82, 2.24) is 0 Å². The van der Waals surface area contributed by atoms with Crippen molar-refractivity contribution in [2.24, 2.45) is 0 Å². The van der Waals surface area contributed by atoms with Gasteiger partial charge in [-0.1, -0.05) is 12.1 Å². The Balaban J connectivity index is 2.92. The first-order chi connectivity index (χ1) is 8.11. The van der Waals surface area contributed by atoms with Crippen molar-refractivity contribution >= 4 is 15.9 Å². The molecule has 0 radical (unpaired) electrons. The number of ether oxygens (including phenoxy) is 2. The monoisotopic (exact) mass is 306 g/mol. The zero-order valence-corrected chi connectivity index (χ0v) is 11.4. The summed E-state index contributed by atoms with van der Waals surface area (Å²) in [6.45, 7) is 4.35. The Kier molecular flexibility index (Phi) is 6.05. The zero-order valence-electron chi connectivity index (χ0n) is 9.82. The molecule has 1 unspecified atom stereocenters. The lowest BCUT2D eigenvalue weighted by molar-refractivity contribution is -0.192. The Morgan fingerprint density at radius 2 is 1.88 bits per heavy atom. The fourth-order valence-corrected chi connectivity index (χ4v) is 1.84. The van der Waals surface area contributed by atoms with E-state index in [0.717, 1.165) is 0 Å². The summed E-state index contributed by atoms with van der Waals surface area (Å²) in [4.78, 5) is 0. The van der Waals surface area contributed by atoms with Gasteiger partial charge in [-0.3, -0.25) is 0 Å².